The zero-order valence-corrected chi connectivity index (χ0v) is 12.1. The van der Waals surface area contributed by atoms with Crippen molar-refractivity contribution in [1.82, 2.24) is 20.0 Å². The van der Waals surface area contributed by atoms with Crippen LogP contribution >= 0.6 is 12.2 Å². The molecule has 17 heavy (non-hydrogen) atoms. The van der Waals surface area contributed by atoms with Crippen LogP contribution in [0.1, 0.15) is 25.1 Å². The van der Waals surface area contributed by atoms with E-state index >= 15 is 0 Å². The number of thiocarbonyl (C=S) groups is 1. The lowest BCUT2D eigenvalue weighted by Gasteiger charge is -2.21. The fourth-order valence-electron chi connectivity index (χ4n) is 1.45. The van der Waals surface area contributed by atoms with Gasteiger partial charge in [0.1, 0.15) is 0 Å². The van der Waals surface area contributed by atoms with E-state index in [0.717, 1.165) is 18.2 Å². The molecule has 0 radical (unpaired) electrons. The average Bonchev–Trinajstić information content (AvgIpc) is 2.57. The van der Waals surface area contributed by atoms with Gasteiger partial charge < -0.3 is 10.2 Å². The molecule has 0 atom stereocenters. The maximum atomic E-state index is 5.33. The predicted octanol–water partition coefficient (Wildman–Crippen LogP) is 1.69. The summed E-state index contributed by atoms with van der Waals surface area (Å²) in [5.41, 5.74) is 2.40. The zero-order valence-electron chi connectivity index (χ0n) is 11.3. The van der Waals surface area contributed by atoms with Crippen LogP contribution in [0.5, 0.6) is 0 Å². The second kappa shape index (κ2) is 6.00. The molecule has 0 bridgehead atoms. The molecule has 0 saturated heterocycles. The van der Waals surface area contributed by atoms with E-state index in [4.69, 9.17) is 12.2 Å². The normalized spacial score (nSPS) is 10.7. The van der Waals surface area contributed by atoms with Crippen molar-refractivity contribution in [2.75, 3.05) is 13.6 Å². The molecule has 0 aromatic carbocycles. The average molecular weight is 254 g/mol. The molecule has 0 amide bonds. The van der Waals surface area contributed by atoms with Gasteiger partial charge in [-0.1, -0.05) is 13.8 Å². The zero-order chi connectivity index (χ0) is 13.0. The van der Waals surface area contributed by atoms with Crippen molar-refractivity contribution in [3.63, 3.8) is 0 Å². The Labute approximate surface area is 109 Å². The summed E-state index contributed by atoms with van der Waals surface area (Å²) in [5.74, 6) is 0.599. The molecule has 0 saturated carbocycles. The highest BCUT2D eigenvalue weighted by atomic mass is 32.1. The molecular weight excluding hydrogens is 232 g/mol. The third kappa shape index (κ3) is 4.00. The number of rotatable bonds is 4. The van der Waals surface area contributed by atoms with Crippen molar-refractivity contribution in [2.45, 2.75) is 27.3 Å². The lowest BCUT2D eigenvalue weighted by atomic mass is 10.2. The summed E-state index contributed by atoms with van der Waals surface area (Å²) in [6, 6.07) is 0. The van der Waals surface area contributed by atoms with Gasteiger partial charge in [-0.2, -0.15) is 5.10 Å². The van der Waals surface area contributed by atoms with Crippen molar-refractivity contribution in [2.24, 2.45) is 13.0 Å². The van der Waals surface area contributed by atoms with E-state index in [0.29, 0.717) is 5.92 Å². The highest BCUT2D eigenvalue weighted by molar-refractivity contribution is 7.80. The Balaban J connectivity index is 2.51. The SMILES string of the molecule is Cc1c(CN(C)C(=S)NCC(C)C)cnn1C. The molecule has 1 heterocycles. The molecule has 0 aliphatic rings. The Hall–Kier alpha value is -1.10. The molecule has 96 valence electrons. The lowest BCUT2D eigenvalue weighted by molar-refractivity contribution is 0.478. The third-order valence-corrected chi connectivity index (χ3v) is 3.21. The van der Waals surface area contributed by atoms with Crippen LogP contribution in [0.15, 0.2) is 6.20 Å². The molecule has 1 N–H and O–H groups in total. The first-order chi connectivity index (χ1) is 7.91. The summed E-state index contributed by atoms with van der Waals surface area (Å²) in [5, 5.41) is 8.28. The fourth-order valence-corrected chi connectivity index (χ4v) is 1.60. The molecule has 0 fully saturated rings. The predicted molar refractivity (Wildman–Crippen MR) is 74.9 cm³/mol. The number of nitrogens with one attached hydrogen (secondary N) is 1. The number of aryl methyl sites for hydroxylation is 1. The van der Waals surface area contributed by atoms with Crippen molar-refractivity contribution in [3.05, 3.63) is 17.5 Å². The molecule has 1 aromatic rings. The highest BCUT2D eigenvalue weighted by Gasteiger charge is 2.09. The number of aromatic nitrogens is 2. The van der Waals surface area contributed by atoms with Gasteiger partial charge in [0.05, 0.1) is 6.20 Å². The number of nitrogens with zero attached hydrogens (tertiary/aromatic N) is 3. The standard InChI is InChI=1S/C12H22N4S/c1-9(2)6-13-12(17)15(4)8-11-7-14-16(5)10(11)3/h7,9H,6,8H2,1-5H3,(H,13,17). The largest absolute Gasteiger partial charge is 0.362 e. The molecule has 0 aliphatic heterocycles. The van der Waals surface area contributed by atoms with Crippen molar-refractivity contribution < 1.29 is 0 Å². The fraction of sp³-hybridized carbons (Fsp3) is 0.667. The van der Waals surface area contributed by atoms with Gasteiger partial charge in [0, 0.05) is 38.4 Å². The summed E-state index contributed by atoms with van der Waals surface area (Å²) in [7, 11) is 3.95. The Morgan fingerprint density at radius 3 is 2.71 bits per heavy atom. The van der Waals surface area contributed by atoms with E-state index in [1.807, 2.05) is 29.9 Å². The van der Waals surface area contributed by atoms with Crippen LogP contribution in [-0.2, 0) is 13.6 Å². The molecule has 1 rings (SSSR count). The van der Waals surface area contributed by atoms with Crippen molar-refractivity contribution in [1.29, 1.82) is 0 Å². The van der Waals surface area contributed by atoms with Crippen LogP contribution in [0.4, 0.5) is 0 Å². The second-order valence-electron chi connectivity index (χ2n) is 4.81. The first-order valence-electron chi connectivity index (χ1n) is 5.88. The maximum Gasteiger partial charge on any atom is 0.168 e. The van der Waals surface area contributed by atoms with Gasteiger partial charge in [-0.25, -0.2) is 0 Å². The molecule has 0 aliphatic carbocycles. The summed E-state index contributed by atoms with van der Waals surface area (Å²) >= 11 is 5.33. The third-order valence-electron chi connectivity index (χ3n) is 2.75. The Morgan fingerprint density at radius 2 is 2.24 bits per heavy atom. The van der Waals surface area contributed by atoms with Crippen LogP contribution in [-0.4, -0.2) is 33.4 Å². The minimum atomic E-state index is 0.599. The van der Waals surface area contributed by atoms with Crippen LogP contribution in [0.25, 0.3) is 0 Å². The van der Waals surface area contributed by atoms with E-state index in [1.165, 1.54) is 11.3 Å². The molecule has 0 spiro atoms. The van der Waals surface area contributed by atoms with Gasteiger partial charge in [-0.05, 0) is 25.1 Å². The smallest absolute Gasteiger partial charge is 0.168 e. The number of hydrogen-bond acceptors (Lipinski definition) is 2. The van der Waals surface area contributed by atoms with Crippen LogP contribution in [0.2, 0.25) is 0 Å². The minimum absolute atomic E-state index is 0.599. The minimum Gasteiger partial charge on any atom is -0.362 e. The molecule has 0 unspecified atom stereocenters. The Morgan fingerprint density at radius 1 is 1.59 bits per heavy atom. The monoisotopic (exact) mass is 254 g/mol. The Bertz CT molecular complexity index is 384. The molecule has 4 nitrogen and oxygen atoms in total. The summed E-state index contributed by atoms with van der Waals surface area (Å²) < 4.78 is 1.88. The van der Waals surface area contributed by atoms with E-state index in [9.17, 15) is 0 Å². The number of hydrogen-bond donors (Lipinski definition) is 1. The molecule has 5 heteroatoms. The van der Waals surface area contributed by atoms with E-state index in [2.05, 4.69) is 31.2 Å². The van der Waals surface area contributed by atoms with Gasteiger partial charge in [0.15, 0.2) is 5.11 Å². The van der Waals surface area contributed by atoms with Gasteiger partial charge in [0.25, 0.3) is 0 Å². The molecular formula is C12H22N4S. The Kier molecular flexibility index (Phi) is 4.93. The summed E-state index contributed by atoms with van der Waals surface area (Å²) in [6.07, 6.45) is 1.90. The van der Waals surface area contributed by atoms with Crippen molar-refractivity contribution in [3.8, 4) is 0 Å². The maximum absolute atomic E-state index is 5.33. The van der Waals surface area contributed by atoms with E-state index in [-0.39, 0.29) is 0 Å². The summed E-state index contributed by atoms with van der Waals surface area (Å²) in [6.45, 7) is 8.11. The van der Waals surface area contributed by atoms with Crippen LogP contribution in [0.3, 0.4) is 0 Å². The van der Waals surface area contributed by atoms with E-state index < -0.39 is 0 Å². The highest BCUT2D eigenvalue weighted by Crippen LogP contribution is 2.08. The second-order valence-corrected chi connectivity index (χ2v) is 5.20. The van der Waals surface area contributed by atoms with Crippen molar-refractivity contribution >= 4 is 17.3 Å². The lowest BCUT2D eigenvalue weighted by Crippen LogP contribution is -2.38. The van der Waals surface area contributed by atoms with E-state index in [1.54, 1.807) is 0 Å². The van der Waals surface area contributed by atoms with Crippen LogP contribution in [0, 0.1) is 12.8 Å². The first kappa shape index (κ1) is 14.0. The van der Waals surface area contributed by atoms with Crippen LogP contribution < -0.4 is 5.32 Å². The van der Waals surface area contributed by atoms with Gasteiger partial charge >= 0.3 is 0 Å². The quantitative estimate of drug-likeness (QED) is 0.829. The summed E-state index contributed by atoms with van der Waals surface area (Å²) in [4.78, 5) is 2.04. The van der Waals surface area contributed by atoms with Gasteiger partial charge in [-0.3, -0.25) is 4.68 Å². The van der Waals surface area contributed by atoms with Gasteiger partial charge in [0.2, 0.25) is 0 Å². The molecule has 1 aromatic heterocycles. The first-order valence-corrected chi connectivity index (χ1v) is 6.29. The topological polar surface area (TPSA) is 33.1 Å². The van der Waals surface area contributed by atoms with Gasteiger partial charge in [-0.15, -0.1) is 0 Å².